The number of carbonyl (C=O) groups is 1. The van der Waals surface area contributed by atoms with E-state index >= 15 is 0 Å². The van der Waals surface area contributed by atoms with Gasteiger partial charge in [0.05, 0.1) is 43.6 Å². The van der Waals surface area contributed by atoms with Crippen LogP contribution in [0.1, 0.15) is 44.9 Å². The minimum absolute atomic E-state index is 0.245. The first kappa shape index (κ1) is 28.9. The SMILES string of the molecule is CCOc1ccc([C@@H]2C(C(=O)OC)=CN=c3s/c(=C\c4ccc(N(CC)CC)cc4OC)c(=O)n32)cc1OCC. The quantitative estimate of drug-likeness (QED) is 0.328. The second-order valence-electron chi connectivity index (χ2n) is 8.85. The number of nitrogens with zero attached hydrogens (tertiary/aromatic N) is 3. The van der Waals surface area contributed by atoms with Gasteiger partial charge in [-0.25, -0.2) is 9.79 Å². The van der Waals surface area contributed by atoms with Crippen molar-refractivity contribution in [3.63, 3.8) is 0 Å². The van der Waals surface area contributed by atoms with Gasteiger partial charge in [0, 0.05) is 36.6 Å². The smallest absolute Gasteiger partial charge is 0.337 e. The molecule has 4 rings (SSSR count). The molecule has 3 aromatic rings. The summed E-state index contributed by atoms with van der Waals surface area (Å²) in [6, 6.07) is 10.6. The van der Waals surface area contributed by atoms with Crippen LogP contribution in [0.15, 0.2) is 58.0 Å². The molecule has 1 aromatic heterocycles. The normalized spacial score (nSPS) is 14.6. The largest absolute Gasteiger partial charge is 0.496 e. The molecule has 2 heterocycles. The van der Waals surface area contributed by atoms with Crippen molar-refractivity contribution in [2.45, 2.75) is 33.7 Å². The topological polar surface area (TPSA) is 91.6 Å². The Morgan fingerprint density at radius 1 is 1.00 bits per heavy atom. The van der Waals surface area contributed by atoms with Crippen LogP contribution >= 0.6 is 11.3 Å². The second-order valence-corrected chi connectivity index (χ2v) is 9.86. The van der Waals surface area contributed by atoms with E-state index in [0.717, 1.165) is 24.3 Å². The lowest BCUT2D eigenvalue weighted by Gasteiger charge is -2.23. The van der Waals surface area contributed by atoms with E-state index in [1.807, 2.05) is 38.1 Å². The van der Waals surface area contributed by atoms with Crippen molar-refractivity contribution < 1.29 is 23.7 Å². The van der Waals surface area contributed by atoms with E-state index in [1.54, 1.807) is 25.3 Å². The van der Waals surface area contributed by atoms with Crippen LogP contribution in [-0.2, 0) is 9.53 Å². The molecule has 9 nitrogen and oxygen atoms in total. The van der Waals surface area contributed by atoms with Gasteiger partial charge < -0.3 is 23.8 Å². The van der Waals surface area contributed by atoms with Crippen LogP contribution < -0.4 is 34.0 Å². The fourth-order valence-corrected chi connectivity index (χ4v) is 5.69. The number of ether oxygens (including phenoxy) is 4. The Balaban J connectivity index is 1.88. The third kappa shape index (κ3) is 5.62. The van der Waals surface area contributed by atoms with Crippen molar-refractivity contribution in [2.75, 3.05) is 45.4 Å². The molecule has 10 heteroatoms. The molecule has 0 saturated carbocycles. The van der Waals surface area contributed by atoms with Crippen molar-refractivity contribution in [2.24, 2.45) is 4.99 Å². The summed E-state index contributed by atoms with van der Waals surface area (Å²) < 4.78 is 24.3. The number of methoxy groups -OCH3 is 2. The van der Waals surface area contributed by atoms with Crippen molar-refractivity contribution >= 4 is 29.1 Å². The molecule has 1 aliphatic rings. The number of esters is 1. The lowest BCUT2D eigenvalue weighted by molar-refractivity contribution is -0.136. The first-order valence-electron chi connectivity index (χ1n) is 13.3. The van der Waals surface area contributed by atoms with Crippen molar-refractivity contribution in [1.82, 2.24) is 4.57 Å². The number of thiazole rings is 1. The van der Waals surface area contributed by atoms with Gasteiger partial charge in [0.15, 0.2) is 16.3 Å². The monoisotopic (exact) mass is 565 g/mol. The summed E-state index contributed by atoms with van der Waals surface area (Å²) in [6.45, 7) is 10.6. The van der Waals surface area contributed by atoms with Crippen LogP contribution in [0.4, 0.5) is 5.69 Å². The second kappa shape index (κ2) is 12.9. The van der Waals surface area contributed by atoms with Crippen LogP contribution in [0, 0.1) is 0 Å². The number of hydrogen-bond acceptors (Lipinski definition) is 9. The Hall–Kier alpha value is -4.05. The molecular formula is C30H35N3O6S. The van der Waals surface area contributed by atoms with E-state index in [-0.39, 0.29) is 11.1 Å². The molecule has 1 atom stereocenters. The van der Waals surface area contributed by atoms with Gasteiger partial charge in [-0.2, -0.15) is 0 Å². The third-order valence-corrected chi connectivity index (χ3v) is 7.64. The number of fused-ring (bicyclic) bond motifs is 1. The maximum Gasteiger partial charge on any atom is 0.337 e. The van der Waals surface area contributed by atoms with Gasteiger partial charge in [0.2, 0.25) is 0 Å². The summed E-state index contributed by atoms with van der Waals surface area (Å²) in [7, 11) is 2.92. The molecule has 2 aromatic carbocycles. The fraction of sp³-hybridized carbons (Fsp3) is 0.367. The summed E-state index contributed by atoms with van der Waals surface area (Å²) in [5.41, 5.74) is 2.46. The van der Waals surface area contributed by atoms with Crippen LogP contribution in [0.2, 0.25) is 0 Å². The minimum atomic E-state index is -0.757. The molecule has 0 amide bonds. The first-order valence-corrected chi connectivity index (χ1v) is 14.1. The van der Waals surface area contributed by atoms with Gasteiger partial charge in [0.25, 0.3) is 5.56 Å². The minimum Gasteiger partial charge on any atom is -0.496 e. The van der Waals surface area contributed by atoms with Crippen LogP contribution in [0.5, 0.6) is 17.2 Å². The molecule has 0 saturated heterocycles. The highest BCUT2D eigenvalue weighted by Crippen LogP contribution is 2.35. The van der Waals surface area contributed by atoms with Gasteiger partial charge in [-0.3, -0.25) is 9.36 Å². The van der Waals surface area contributed by atoms with Crippen molar-refractivity contribution in [1.29, 1.82) is 0 Å². The van der Waals surface area contributed by atoms with Crippen molar-refractivity contribution in [3.8, 4) is 17.2 Å². The number of carbonyl (C=O) groups excluding carboxylic acids is 1. The molecule has 40 heavy (non-hydrogen) atoms. The van der Waals surface area contributed by atoms with Crippen molar-refractivity contribution in [3.05, 3.63) is 79.0 Å². The van der Waals surface area contributed by atoms with Gasteiger partial charge in [-0.1, -0.05) is 17.4 Å². The maximum absolute atomic E-state index is 13.9. The Morgan fingerprint density at radius 2 is 1.73 bits per heavy atom. The standard InChI is InChI=1S/C30H35N3O6S/c1-7-32(8-2)21-13-11-19(24(17-21)36-5)16-26-28(34)33-27(22(29(35)37-6)18-31-30(33)40-26)20-12-14-23(38-9-3)25(15-20)39-10-4/h11-18,27H,7-10H2,1-6H3/b26-16-/t27-/m1/s1. The zero-order valence-corrected chi connectivity index (χ0v) is 24.5. The molecular weight excluding hydrogens is 530 g/mol. The number of rotatable bonds is 11. The summed E-state index contributed by atoms with van der Waals surface area (Å²) >= 11 is 1.25. The molecule has 0 bridgehead atoms. The molecule has 0 aliphatic carbocycles. The zero-order valence-electron chi connectivity index (χ0n) is 23.7. The third-order valence-electron chi connectivity index (χ3n) is 6.64. The Bertz CT molecular complexity index is 1590. The number of hydrogen-bond donors (Lipinski definition) is 0. The fourth-order valence-electron chi connectivity index (χ4n) is 4.73. The molecule has 0 fully saturated rings. The molecule has 0 N–H and O–H groups in total. The van der Waals surface area contributed by atoms with Crippen LogP contribution in [0.25, 0.3) is 6.08 Å². The number of anilines is 1. The van der Waals surface area contributed by atoms with E-state index < -0.39 is 12.0 Å². The van der Waals surface area contributed by atoms with Crippen LogP contribution in [-0.4, -0.2) is 51.1 Å². The van der Waals surface area contributed by atoms with Gasteiger partial charge in [-0.05, 0) is 63.6 Å². The van der Waals surface area contributed by atoms with Gasteiger partial charge in [-0.15, -0.1) is 0 Å². The zero-order chi connectivity index (χ0) is 28.8. The first-order chi connectivity index (χ1) is 19.4. The Morgan fingerprint density at radius 3 is 2.38 bits per heavy atom. The van der Waals surface area contributed by atoms with E-state index in [1.165, 1.54) is 29.2 Å². The van der Waals surface area contributed by atoms with Crippen LogP contribution in [0.3, 0.4) is 0 Å². The highest BCUT2D eigenvalue weighted by atomic mass is 32.1. The lowest BCUT2D eigenvalue weighted by atomic mass is 9.97. The molecule has 212 valence electrons. The predicted octanol–water partition coefficient (Wildman–Crippen LogP) is 3.67. The van der Waals surface area contributed by atoms with Gasteiger partial charge >= 0.3 is 5.97 Å². The summed E-state index contributed by atoms with van der Waals surface area (Å²) in [6.07, 6.45) is 3.28. The average Bonchev–Trinajstić information content (AvgIpc) is 3.29. The van der Waals surface area contributed by atoms with E-state index in [9.17, 15) is 9.59 Å². The van der Waals surface area contributed by atoms with E-state index in [4.69, 9.17) is 18.9 Å². The summed E-state index contributed by atoms with van der Waals surface area (Å²) in [5, 5.41) is 0. The highest BCUT2D eigenvalue weighted by molar-refractivity contribution is 7.07. The lowest BCUT2D eigenvalue weighted by Crippen LogP contribution is -2.39. The number of benzene rings is 2. The summed E-state index contributed by atoms with van der Waals surface area (Å²) in [5.74, 6) is 1.21. The highest BCUT2D eigenvalue weighted by Gasteiger charge is 2.31. The molecule has 0 spiro atoms. The Labute approximate surface area is 237 Å². The average molecular weight is 566 g/mol. The van der Waals surface area contributed by atoms with E-state index in [2.05, 4.69) is 23.7 Å². The predicted molar refractivity (Wildman–Crippen MR) is 156 cm³/mol. The maximum atomic E-state index is 13.9. The molecule has 0 radical (unpaired) electrons. The Kier molecular flexibility index (Phi) is 9.31. The summed E-state index contributed by atoms with van der Waals surface area (Å²) in [4.78, 5) is 33.9. The number of aromatic nitrogens is 1. The molecule has 0 unspecified atom stereocenters. The molecule has 1 aliphatic heterocycles. The van der Waals surface area contributed by atoms with E-state index in [0.29, 0.717) is 45.4 Å². The van der Waals surface area contributed by atoms with Gasteiger partial charge in [0.1, 0.15) is 5.75 Å².